The van der Waals surface area contributed by atoms with Crippen molar-refractivity contribution in [2.24, 2.45) is 5.92 Å². The van der Waals surface area contributed by atoms with Crippen LogP contribution in [0.3, 0.4) is 0 Å². The first-order chi connectivity index (χ1) is 17.0. The molecule has 3 N–H and O–H groups in total. The summed E-state index contributed by atoms with van der Waals surface area (Å²) in [5.41, 5.74) is 2.52. The highest BCUT2D eigenvalue weighted by Crippen LogP contribution is 2.29. The van der Waals surface area contributed by atoms with Gasteiger partial charge in [-0.3, -0.25) is 14.6 Å². The van der Waals surface area contributed by atoms with Crippen molar-refractivity contribution >= 4 is 40.4 Å². The molecule has 2 amide bonds. The number of pyridine rings is 1. The van der Waals surface area contributed by atoms with Gasteiger partial charge < -0.3 is 16.0 Å². The third kappa shape index (κ3) is 7.22. The topological polar surface area (TPSA) is 109 Å². The van der Waals surface area contributed by atoms with Crippen molar-refractivity contribution in [2.45, 2.75) is 58.2 Å². The van der Waals surface area contributed by atoms with Crippen LogP contribution >= 0.6 is 22.9 Å². The predicted octanol–water partition coefficient (Wildman–Crippen LogP) is 4.50. The lowest BCUT2D eigenvalue weighted by Crippen LogP contribution is -2.47. The molecule has 1 aliphatic carbocycles. The molecule has 0 aromatic carbocycles. The molecule has 0 spiro atoms. The van der Waals surface area contributed by atoms with Crippen LogP contribution in [0, 0.1) is 12.8 Å². The van der Waals surface area contributed by atoms with Crippen LogP contribution in [0.25, 0.3) is 0 Å². The molecule has 0 radical (unpaired) electrons. The summed E-state index contributed by atoms with van der Waals surface area (Å²) in [7, 11) is 0. The van der Waals surface area contributed by atoms with Crippen LogP contribution in [0.5, 0.6) is 0 Å². The van der Waals surface area contributed by atoms with Crippen molar-refractivity contribution in [3.63, 3.8) is 0 Å². The minimum absolute atomic E-state index is 0.184. The summed E-state index contributed by atoms with van der Waals surface area (Å²) < 4.78 is 0. The number of aromatic nitrogens is 3. The van der Waals surface area contributed by atoms with Gasteiger partial charge in [-0.2, -0.15) is 0 Å². The first kappa shape index (κ1) is 25.1. The quantitative estimate of drug-likeness (QED) is 0.369. The highest BCUT2D eigenvalue weighted by atomic mass is 35.5. The standard InChI is InChI=1S/C25H29ClN6O2S/c1-16-21(9-19(26)13-29-16)30-14-20-6-7-23(35-20)25(34)32-22(8-17-4-2-3-5-17)24(33)31-12-18-10-27-15-28-11-18/h6-7,9-11,13,15,17,22,30H,2-5,8,12,14H2,1H3,(H,31,33)(H,32,34)/t22-/m0/s1. The second kappa shape index (κ2) is 12.1. The maximum absolute atomic E-state index is 13.0. The molecule has 3 heterocycles. The van der Waals surface area contributed by atoms with Gasteiger partial charge in [0.1, 0.15) is 12.4 Å². The summed E-state index contributed by atoms with van der Waals surface area (Å²) in [5, 5.41) is 9.79. The average molecular weight is 513 g/mol. The van der Waals surface area contributed by atoms with E-state index in [-0.39, 0.29) is 11.8 Å². The van der Waals surface area contributed by atoms with Gasteiger partial charge in [0.25, 0.3) is 5.91 Å². The maximum atomic E-state index is 13.0. The SMILES string of the molecule is Cc1ncc(Cl)cc1NCc1ccc(C(=O)N[C@@H](CC2CCCC2)C(=O)NCc2cncnc2)s1. The molecule has 1 atom stereocenters. The van der Waals surface area contributed by atoms with E-state index in [1.807, 2.05) is 19.1 Å². The van der Waals surface area contributed by atoms with E-state index in [1.54, 1.807) is 24.7 Å². The number of carbonyl (C=O) groups is 2. The predicted molar refractivity (Wildman–Crippen MR) is 137 cm³/mol. The Balaban J connectivity index is 1.37. The second-order valence-electron chi connectivity index (χ2n) is 8.78. The summed E-state index contributed by atoms with van der Waals surface area (Å²) in [6, 6.07) is 4.96. The van der Waals surface area contributed by atoms with Crippen LogP contribution in [0.4, 0.5) is 5.69 Å². The number of rotatable bonds is 10. The number of carbonyl (C=O) groups excluding carboxylic acids is 2. The van der Waals surface area contributed by atoms with Gasteiger partial charge in [-0.1, -0.05) is 37.3 Å². The lowest BCUT2D eigenvalue weighted by Gasteiger charge is -2.21. The zero-order valence-corrected chi connectivity index (χ0v) is 21.2. The minimum Gasteiger partial charge on any atom is -0.379 e. The van der Waals surface area contributed by atoms with E-state index in [4.69, 9.17) is 11.6 Å². The van der Waals surface area contributed by atoms with E-state index in [1.165, 1.54) is 30.5 Å². The molecule has 35 heavy (non-hydrogen) atoms. The summed E-state index contributed by atoms with van der Waals surface area (Å²) in [6.07, 6.45) is 11.6. The summed E-state index contributed by atoms with van der Waals surface area (Å²) in [5.74, 6) is 0.0308. The van der Waals surface area contributed by atoms with E-state index in [0.29, 0.717) is 35.3 Å². The number of amides is 2. The van der Waals surface area contributed by atoms with E-state index < -0.39 is 6.04 Å². The van der Waals surface area contributed by atoms with Crippen molar-refractivity contribution in [2.75, 3.05) is 5.32 Å². The average Bonchev–Trinajstić information content (AvgIpc) is 3.56. The van der Waals surface area contributed by atoms with Crippen molar-refractivity contribution in [1.82, 2.24) is 25.6 Å². The third-order valence-electron chi connectivity index (χ3n) is 6.14. The Morgan fingerprint density at radius 2 is 1.91 bits per heavy atom. The molecule has 0 bridgehead atoms. The number of aryl methyl sites for hydroxylation is 1. The van der Waals surface area contributed by atoms with Gasteiger partial charge in [0.15, 0.2) is 0 Å². The number of hydrogen-bond donors (Lipinski definition) is 3. The van der Waals surface area contributed by atoms with Crippen LogP contribution in [0.15, 0.2) is 43.1 Å². The monoisotopic (exact) mass is 512 g/mol. The number of anilines is 1. The van der Waals surface area contributed by atoms with E-state index in [0.717, 1.165) is 34.7 Å². The maximum Gasteiger partial charge on any atom is 0.262 e. The molecule has 10 heteroatoms. The highest BCUT2D eigenvalue weighted by Gasteiger charge is 2.27. The fraction of sp³-hybridized carbons (Fsp3) is 0.400. The van der Waals surface area contributed by atoms with Gasteiger partial charge in [0, 0.05) is 42.1 Å². The lowest BCUT2D eigenvalue weighted by molar-refractivity contribution is -0.123. The fourth-order valence-corrected chi connectivity index (χ4v) is 5.25. The molecule has 0 aliphatic heterocycles. The Labute approximate surface area is 213 Å². The molecule has 1 aliphatic rings. The Kier molecular flexibility index (Phi) is 8.65. The Morgan fingerprint density at radius 1 is 1.14 bits per heavy atom. The number of nitrogens with one attached hydrogen (secondary N) is 3. The Hall–Kier alpha value is -3.04. The van der Waals surface area contributed by atoms with E-state index in [9.17, 15) is 9.59 Å². The van der Waals surface area contributed by atoms with Gasteiger partial charge in [-0.15, -0.1) is 11.3 Å². The van der Waals surface area contributed by atoms with Gasteiger partial charge in [-0.05, 0) is 37.5 Å². The minimum atomic E-state index is -0.584. The molecule has 3 aromatic rings. The Bertz CT molecular complexity index is 1150. The first-order valence-electron chi connectivity index (χ1n) is 11.7. The first-order valence-corrected chi connectivity index (χ1v) is 12.9. The molecule has 184 valence electrons. The van der Waals surface area contributed by atoms with Gasteiger partial charge in [0.05, 0.1) is 21.3 Å². The summed E-state index contributed by atoms with van der Waals surface area (Å²) >= 11 is 7.45. The molecule has 0 unspecified atom stereocenters. The molecular formula is C25H29ClN6O2S. The summed E-state index contributed by atoms with van der Waals surface area (Å²) in [4.78, 5) is 39.8. The van der Waals surface area contributed by atoms with E-state index >= 15 is 0 Å². The van der Waals surface area contributed by atoms with Crippen LogP contribution in [0.1, 0.15) is 57.9 Å². The normalized spacial score (nSPS) is 14.5. The zero-order chi connectivity index (χ0) is 24.6. The van der Waals surface area contributed by atoms with Crippen LogP contribution < -0.4 is 16.0 Å². The second-order valence-corrected chi connectivity index (χ2v) is 10.4. The van der Waals surface area contributed by atoms with Crippen LogP contribution in [-0.4, -0.2) is 32.8 Å². The van der Waals surface area contributed by atoms with Crippen LogP contribution in [-0.2, 0) is 17.9 Å². The molecular weight excluding hydrogens is 484 g/mol. The van der Waals surface area contributed by atoms with Crippen LogP contribution in [0.2, 0.25) is 5.02 Å². The third-order valence-corrected chi connectivity index (χ3v) is 7.43. The van der Waals surface area contributed by atoms with Crippen molar-refractivity contribution in [1.29, 1.82) is 0 Å². The molecule has 0 saturated heterocycles. The molecule has 4 rings (SSSR count). The number of thiophene rings is 1. The van der Waals surface area contributed by atoms with Crippen molar-refractivity contribution < 1.29 is 9.59 Å². The highest BCUT2D eigenvalue weighted by molar-refractivity contribution is 7.14. The zero-order valence-electron chi connectivity index (χ0n) is 19.6. The molecule has 8 nitrogen and oxygen atoms in total. The number of hydrogen-bond acceptors (Lipinski definition) is 7. The smallest absolute Gasteiger partial charge is 0.262 e. The molecule has 1 saturated carbocycles. The lowest BCUT2D eigenvalue weighted by atomic mass is 9.97. The van der Waals surface area contributed by atoms with Gasteiger partial charge in [0.2, 0.25) is 5.91 Å². The summed E-state index contributed by atoms with van der Waals surface area (Å²) in [6.45, 7) is 2.78. The van der Waals surface area contributed by atoms with Gasteiger partial charge >= 0.3 is 0 Å². The molecule has 1 fully saturated rings. The van der Waals surface area contributed by atoms with Gasteiger partial charge in [-0.25, -0.2) is 9.97 Å². The number of halogens is 1. The largest absolute Gasteiger partial charge is 0.379 e. The van der Waals surface area contributed by atoms with E-state index in [2.05, 4.69) is 30.9 Å². The molecule has 3 aromatic heterocycles. The Morgan fingerprint density at radius 3 is 2.69 bits per heavy atom. The number of nitrogens with zero attached hydrogens (tertiary/aromatic N) is 3. The van der Waals surface area contributed by atoms with Crippen molar-refractivity contribution in [3.05, 3.63) is 69.2 Å². The van der Waals surface area contributed by atoms with Crippen molar-refractivity contribution in [3.8, 4) is 0 Å². The fourth-order valence-electron chi connectivity index (χ4n) is 4.24.